The standard InChI is InChI=1S/C20H21N7O2S/c1-13-12-29-9-8-26(13)19-10-15(14-4-2-3-5-17(14)30(21)28)16-11-23-27(20(16)24-19)18-6-7-22-25-18/h2-7,10-11,13H,8-9,12,21H2,1H3,(H,22,25)/t13-,30?/m1/s1. The number of nitrogens with two attached hydrogens (primary N) is 1. The minimum Gasteiger partial charge on any atom is -0.593 e. The molecule has 0 saturated carbocycles. The lowest BCUT2D eigenvalue weighted by atomic mass is 10.0. The molecule has 10 heteroatoms. The summed E-state index contributed by atoms with van der Waals surface area (Å²) in [7, 11) is 0. The Hall–Kier alpha value is -2.92. The normalized spacial score (nSPS) is 18.1. The van der Waals surface area contributed by atoms with Gasteiger partial charge in [-0.3, -0.25) is 5.10 Å². The number of morpholine rings is 1. The minimum absolute atomic E-state index is 0.178. The van der Waals surface area contributed by atoms with Gasteiger partial charge in [-0.2, -0.15) is 14.9 Å². The molecule has 154 valence electrons. The van der Waals surface area contributed by atoms with Crippen LogP contribution >= 0.6 is 0 Å². The van der Waals surface area contributed by atoms with Crippen LogP contribution in [0.1, 0.15) is 6.92 Å². The number of fused-ring (bicyclic) bond motifs is 1. The Labute approximate surface area is 176 Å². The maximum absolute atomic E-state index is 12.2. The monoisotopic (exact) mass is 423 g/mol. The predicted octanol–water partition coefficient (Wildman–Crippen LogP) is 2.02. The molecule has 3 N–H and O–H groups in total. The fourth-order valence-electron chi connectivity index (χ4n) is 3.83. The highest BCUT2D eigenvalue weighted by Crippen LogP contribution is 2.36. The van der Waals surface area contributed by atoms with Gasteiger partial charge >= 0.3 is 0 Å². The number of hydrogen-bond acceptors (Lipinski definition) is 7. The highest BCUT2D eigenvalue weighted by atomic mass is 32.2. The van der Waals surface area contributed by atoms with Gasteiger partial charge in [-0.1, -0.05) is 12.1 Å². The molecule has 0 aliphatic carbocycles. The van der Waals surface area contributed by atoms with Gasteiger partial charge < -0.3 is 14.2 Å². The number of aromatic nitrogens is 5. The van der Waals surface area contributed by atoms with E-state index in [0.717, 1.165) is 28.9 Å². The van der Waals surface area contributed by atoms with E-state index in [9.17, 15) is 4.55 Å². The molecular formula is C20H21N7O2S. The fourth-order valence-corrected chi connectivity index (χ4v) is 4.43. The van der Waals surface area contributed by atoms with Crippen molar-refractivity contribution in [1.29, 1.82) is 0 Å². The molecule has 30 heavy (non-hydrogen) atoms. The van der Waals surface area contributed by atoms with Crippen LogP contribution in [0, 0.1) is 0 Å². The Bertz CT molecular complexity index is 1180. The van der Waals surface area contributed by atoms with Crippen molar-refractivity contribution < 1.29 is 9.29 Å². The molecule has 1 aromatic carbocycles. The van der Waals surface area contributed by atoms with Crippen molar-refractivity contribution in [3.8, 4) is 16.9 Å². The molecule has 0 spiro atoms. The second kappa shape index (κ2) is 7.73. The number of hydrogen-bond donors (Lipinski definition) is 2. The van der Waals surface area contributed by atoms with Crippen LogP contribution in [-0.4, -0.2) is 55.3 Å². The first-order chi connectivity index (χ1) is 14.6. The summed E-state index contributed by atoms with van der Waals surface area (Å²) in [6, 6.07) is 11.5. The quantitative estimate of drug-likeness (QED) is 0.482. The molecule has 2 atom stereocenters. The van der Waals surface area contributed by atoms with Gasteiger partial charge in [0.05, 0.1) is 36.8 Å². The summed E-state index contributed by atoms with van der Waals surface area (Å²) >= 11 is -1.62. The molecule has 5 rings (SSSR count). The molecule has 0 amide bonds. The van der Waals surface area contributed by atoms with Crippen molar-refractivity contribution >= 4 is 28.2 Å². The van der Waals surface area contributed by atoms with E-state index in [0.29, 0.717) is 29.6 Å². The number of benzene rings is 1. The maximum Gasteiger partial charge on any atom is 0.181 e. The van der Waals surface area contributed by atoms with Gasteiger partial charge in [-0.25, -0.2) is 4.98 Å². The van der Waals surface area contributed by atoms with Crippen LogP contribution in [0.3, 0.4) is 0 Å². The van der Waals surface area contributed by atoms with E-state index in [4.69, 9.17) is 14.9 Å². The van der Waals surface area contributed by atoms with Crippen LogP contribution in [0.15, 0.2) is 53.7 Å². The second-order valence-corrected chi connectivity index (χ2v) is 8.20. The molecule has 1 fully saturated rings. The van der Waals surface area contributed by atoms with Crippen molar-refractivity contribution in [1.82, 2.24) is 25.0 Å². The van der Waals surface area contributed by atoms with Gasteiger partial charge in [-0.15, -0.1) is 5.14 Å². The number of anilines is 1. The van der Waals surface area contributed by atoms with Crippen LogP contribution in [0.4, 0.5) is 5.82 Å². The van der Waals surface area contributed by atoms with E-state index < -0.39 is 11.4 Å². The SMILES string of the molecule is C[C@@H]1COCCN1c1cc(-c2ccccc2[S+](N)[O-])c2cnn(-c3cc[nH]n3)c2n1. The summed E-state index contributed by atoms with van der Waals surface area (Å²) in [5.74, 6) is 1.45. The zero-order chi connectivity index (χ0) is 20.7. The number of nitrogens with zero attached hydrogens (tertiary/aromatic N) is 5. The van der Waals surface area contributed by atoms with Crippen molar-refractivity contribution in [3.05, 3.63) is 48.8 Å². The van der Waals surface area contributed by atoms with Crippen LogP contribution < -0.4 is 10.0 Å². The predicted molar refractivity (Wildman–Crippen MR) is 115 cm³/mol. The van der Waals surface area contributed by atoms with Crippen molar-refractivity contribution in [2.45, 2.75) is 17.9 Å². The van der Waals surface area contributed by atoms with Gasteiger partial charge in [0, 0.05) is 35.3 Å². The Morgan fingerprint density at radius 1 is 1.23 bits per heavy atom. The van der Waals surface area contributed by atoms with Gasteiger partial charge in [0.25, 0.3) is 0 Å². The Balaban J connectivity index is 1.77. The molecule has 1 aliphatic heterocycles. The second-order valence-electron chi connectivity index (χ2n) is 7.17. The molecule has 1 unspecified atom stereocenters. The maximum atomic E-state index is 12.2. The summed E-state index contributed by atoms with van der Waals surface area (Å²) < 4.78 is 19.5. The first-order valence-corrected chi connectivity index (χ1v) is 10.8. The number of pyridine rings is 1. The number of ether oxygens (including phenoxy) is 1. The van der Waals surface area contributed by atoms with Gasteiger partial charge in [0.15, 0.2) is 16.4 Å². The third kappa shape index (κ3) is 3.23. The van der Waals surface area contributed by atoms with Crippen LogP contribution in [0.2, 0.25) is 0 Å². The number of nitrogens with one attached hydrogen (secondary N) is 1. The molecule has 1 aliphatic rings. The highest BCUT2D eigenvalue weighted by molar-refractivity contribution is 7.89. The summed E-state index contributed by atoms with van der Waals surface area (Å²) in [4.78, 5) is 7.72. The van der Waals surface area contributed by atoms with E-state index >= 15 is 0 Å². The minimum atomic E-state index is -1.62. The molecule has 9 nitrogen and oxygen atoms in total. The average molecular weight is 424 g/mol. The van der Waals surface area contributed by atoms with E-state index in [-0.39, 0.29) is 6.04 Å². The molecule has 0 bridgehead atoms. The summed E-state index contributed by atoms with van der Waals surface area (Å²) in [5.41, 5.74) is 2.35. The Morgan fingerprint density at radius 2 is 2.10 bits per heavy atom. The zero-order valence-electron chi connectivity index (χ0n) is 16.4. The van der Waals surface area contributed by atoms with E-state index in [2.05, 4.69) is 27.1 Å². The lowest BCUT2D eigenvalue weighted by Crippen LogP contribution is -2.44. The molecule has 3 aromatic heterocycles. The summed E-state index contributed by atoms with van der Waals surface area (Å²) in [6.07, 6.45) is 3.50. The highest BCUT2D eigenvalue weighted by Gasteiger charge is 2.25. The third-order valence-electron chi connectivity index (χ3n) is 5.29. The number of H-pyrrole nitrogens is 1. The van der Waals surface area contributed by atoms with Crippen molar-refractivity contribution in [2.24, 2.45) is 5.14 Å². The lowest BCUT2D eigenvalue weighted by molar-refractivity contribution is 0.0985. The first kappa shape index (κ1) is 19.1. The fraction of sp³-hybridized carbons (Fsp3) is 0.250. The first-order valence-electron chi connectivity index (χ1n) is 9.62. The van der Waals surface area contributed by atoms with Gasteiger partial charge in [-0.05, 0) is 25.1 Å². The third-order valence-corrected chi connectivity index (χ3v) is 6.08. The van der Waals surface area contributed by atoms with Gasteiger partial charge in [0.2, 0.25) is 0 Å². The molecule has 0 radical (unpaired) electrons. The summed E-state index contributed by atoms with van der Waals surface area (Å²) in [5, 5.41) is 18.2. The van der Waals surface area contributed by atoms with E-state index in [1.165, 1.54) is 0 Å². The smallest absolute Gasteiger partial charge is 0.181 e. The molecule has 4 aromatic rings. The Morgan fingerprint density at radius 3 is 2.87 bits per heavy atom. The van der Waals surface area contributed by atoms with Gasteiger partial charge in [0.1, 0.15) is 5.82 Å². The van der Waals surface area contributed by atoms with Crippen molar-refractivity contribution in [3.63, 3.8) is 0 Å². The van der Waals surface area contributed by atoms with Crippen LogP contribution in [0.5, 0.6) is 0 Å². The van der Waals surface area contributed by atoms with Crippen LogP contribution in [0.25, 0.3) is 28.0 Å². The Kier molecular flexibility index (Phi) is 4.91. The largest absolute Gasteiger partial charge is 0.593 e. The number of aromatic amines is 1. The van der Waals surface area contributed by atoms with Crippen molar-refractivity contribution in [2.75, 3.05) is 24.7 Å². The average Bonchev–Trinajstić information content (AvgIpc) is 3.43. The lowest BCUT2D eigenvalue weighted by Gasteiger charge is -2.34. The number of rotatable bonds is 4. The zero-order valence-corrected chi connectivity index (χ0v) is 17.2. The summed E-state index contributed by atoms with van der Waals surface area (Å²) in [6.45, 7) is 4.12. The van der Waals surface area contributed by atoms with E-state index in [1.54, 1.807) is 23.1 Å². The van der Waals surface area contributed by atoms with E-state index in [1.807, 2.05) is 30.3 Å². The molecule has 4 heterocycles. The van der Waals surface area contributed by atoms with Crippen LogP contribution in [-0.2, 0) is 16.1 Å². The molecular weight excluding hydrogens is 402 g/mol. The molecule has 1 saturated heterocycles. The topological polar surface area (TPSA) is 121 Å².